The molecule has 0 radical (unpaired) electrons. The van der Waals surface area contributed by atoms with Crippen LogP contribution in [-0.2, 0) is 0 Å². The topological polar surface area (TPSA) is 65.4 Å². The van der Waals surface area contributed by atoms with Gasteiger partial charge in [-0.2, -0.15) is 5.26 Å². The molecule has 0 aliphatic carbocycles. The van der Waals surface area contributed by atoms with Crippen molar-refractivity contribution in [3.63, 3.8) is 0 Å². The molecule has 6 heteroatoms. The van der Waals surface area contributed by atoms with Gasteiger partial charge in [0.1, 0.15) is 0 Å². The maximum absolute atomic E-state index is 8.76. The summed E-state index contributed by atoms with van der Waals surface area (Å²) in [6, 6.07) is 5.17. The van der Waals surface area contributed by atoms with E-state index < -0.39 is 0 Å². The van der Waals surface area contributed by atoms with E-state index in [1.807, 2.05) is 4.90 Å². The number of nitrogens with two attached hydrogens (primary N) is 1. The summed E-state index contributed by atoms with van der Waals surface area (Å²) in [5, 5.41) is 9.78. The predicted octanol–water partition coefficient (Wildman–Crippen LogP) is 4.17. The Bertz CT molecular complexity index is 524. The number of nitrogens with zero attached hydrogens (tertiary/aromatic N) is 3. The highest BCUT2D eigenvalue weighted by molar-refractivity contribution is 6.35. The summed E-state index contributed by atoms with van der Waals surface area (Å²) in [5.74, 6) is 0.136. The number of aliphatic imine (C=N–C) groups is 1. The summed E-state index contributed by atoms with van der Waals surface area (Å²) in [7, 11) is 0. The van der Waals surface area contributed by atoms with Gasteiger partial charge in [-0.05, 0) is 38.0 Å². The van der Waals surface area contributed by atoms with E-state index in [2.05, 4.69) is 25.8 Å². The molecule has 0 saturated heterocycles. The molecule has 0 spiro atoms. The van der Waals surface area contributed by atoms with Crippen LogP contribution in [-0.4, -0.2) is 11.5 Å². The lowest BCUT2D eigenvalue weighted by Crippen LogP contribution is -2.52. The van der Waals surface area contributed by atoms with Crippen LogP contribution in [0.3, 0.4) is 0 Å². The number of halogens is 2. The summed E-state index contributed by atoms with van der Waals surface area (Å²) < 4.78 is 0. The SMILES string of the molecule is CCC(C)(CC)N(C(N)=NC#N)c1cc(Cl)cc(Cl)c1. The van der Waals surface area contributed by atoms with Crippen LogP contribution in [0, 0.1) is 11.5 Å². The van der Waals surface area contributed by atoms with E-state index in [0.717, 1.165) is 18.5 Å². The van der Waals surface area contributed by atoms with Crippen molar-refractivity contribution < 1.29 is 0 Å². The van der Waals surface area contributed by atoms with Crippen molar-refractivity contribution in [1.29, 1.82) is 5.26 Å². The molecule has 1 aromatic rings. The van der Waals surface area contributed by atoms with E-state index in [4.69, 9.17) is 34.2 Å². The first kappa shape index (κ1) is 16.6. The highest BCUT2D eigenvalue weighted by Gasteiger charge is 2.31. The zero-order valence-corrected chi connectivity index (χ0v) is 13.3. The largest absolute Gasteiger partial charge is 0.369 e. The van der Waals surface area contributed by atoms with Gasteiger partial charge < -0.3 is 10.6 Å². The van der Waals surface area contributed by atoms with E-state index in [0.29, 0.717) is 10.0 Å². The summed E-state index contributed by atoms with van der Waals surface area (Å²) >= 11 is 12.1. The van der Waals surface area contributed by atoms with Gasteiger partial charge in [-0.1, -0.05) is 37.0 Å². The van der Waals surface area contributed by atoms with Crippen molar-refractivity contribution in [3.05, 3.63) is 28.2 Å². The van der Waals surface area contributed by atoms with Crippen molar-refractivity contribution in [2.75, 3.05) is 4.90 Å². The minimum atomic E-state index is -0.279. The van der Waals surface area contributed by atoms with E-state index in [1.54, 1.807) is 24.4 Å². The van der Waals surface area contributed by atoms with Gasteiger partial charge in [0.2, 0.25) is 12.2 Å². The molecule has 0 aromatic heterocycles. The zero-order valence-electron chi connectivity index (χ0n) is 11.8. The smallest absolute Gasteiger partial charge is 0.212 e. The third-order valence-electron chi connectivity index (χ3n) is 3.56. The predicted molar refractivity (Wildman–Crippen MR) is 85.2 cm³/mol. The monoisotopic (exact) mass is 312 g/mol. The average molecular weight is 313 g/mol. The molecule has 0 atom stereocenters. The van der Waals surface area contributed by atoms with Gasteiger partial charge >= 0.3 is 0 Å². The number of anilines is 1. The number of hydrogen-bond donors (Lipinski definition) is 1. The van der Waals surface area contributed by atoms with Gasteiger partial charge in [-0.25, -0.2) is 0 Å². The Kier molecular flexibility index (Phi) is 5.67. The molecule has 108 valence electrons. The maximum Gasteiger partial charge on any atom is 0.212 e. The van der Waals surface area contributed by atoms with Crippen molar-refractivity contribution in [2.45, 2.75) is 39.2 Å². The maximum atomic E-state index is 8.76. The van der Waals surface area contributed by atoms with Gasteiger partial charge in [0, 0.05) is 21.3 Å². The van der Waals surface area contributed by atoms with Crippen LogP contribution >= 0.6 is 23.2 Å². The van der Waals surface area contributed by atoms with Crippen molar-refractivity contribution in [3.8, 4) is 6.19 Å². The molecule has 0 fully saturated rings. The Labute approximate surface area is 129 Å². The Morgan fingerprint density at radius 2 is 1.80 bits per heavy atom. The van der Waals surface area contributed by atoms with Crippen LogP contribution in [0.25, 0.3) is 0 Å². The molecule has 0 saturated carbocycles. The summed E-state index contributed by atoms with van der Waals surface area (Å²) in [4.78, 5) is 5.48. The molecule has 0 aliphatic heterocycles. The Balaban J connectivity index is 3.45. The molecular formula is C14H18Cl2N4. The molecule has 20 heavy (non-hydrogen) atoms. The fourth-order valence-electron chi connectivity index (χ4n) is 2.06. The number of hydrogen-bond acceptors (Lipinski definition) is 2. The second-order valence-electron chi connectivity index (χ2n) is 4.74. The number of benzene rings is 1. The van der Waals surface area contributed by atoms with Crippen LogP contribution in [0.1, 0.15) is 33.6 Å². The average Bonchev–Trinajstić information content (AvgIpc) is 2.37. The minimum absolute atomic E-state index is 0.136. The van der Waals surface area contributed by atoms with Gasteiger partial charge in [0.05, 0.1) is 0 Å². The first-order valence-electron chi connectivity index (χ1n) is 6.36. The van der Waals surface area contributed by atoms with Gasteiger partial charge in [0.15, 0.2) is 0 Å². The fraction of sp³-hybridized carbons (Fsp3) is 0.429. The normalized spacial score (nSPS) is 12.1. The third-order valence-corrected chi connectivity index (χ3v) is 4.00. The molecule has 4 nitrogen and oxygen atoms in total. The van der Waals surface area contributed by atoms with Crippen molar-refractivity contribution in [2.24, 2.45) is 10.7 Å². The molecule has 0 amide bonds. The fourth-order valence-corrected chi connectivity index (χ4v) is 2.57. The van der Waals surface area contributed by atoms with E-state index in [9.17, 15) is 0 Å². The Morgan fingerprint density at radius 3 is 2.20 bits per heavy atom. The molecule has 0 unspecified atom stereocenters. The third kappa shape index (κ3) is 3.56. The lowest BCUT2D eigenvalue weighted by atomic mass is 9.92. The zero-order chi connectivity index (χ0) is 15.3. The quantitative estimate of drug-likeness (QED) is 0.515. The molecule has 0 heterocycles. The summed E-state index contributed by atoms with van der Waals surface area (Å²) in [6.07, 6.45) is 3.38. The van der Waals surface area contributed by atoms with Crippen molar-refractivity contribution >= 4 is 34.8 Å². The van der Waals surface area contributed by atoms with Crippen LogP contribution < -0.4 is 10.6 Å². The Hall–Kier alpha value is -1.44. The minimum Gasteiger partial charge on any atom is -0.369 e. The lowest BCUT2D eigenvalue weighted by Gasteiger charge is -2.41. The molecule has 0 aliphatic rings. The highest BCUT2D eigenvalue weighted by atomic mass is 35.5. The first-order chi connectivity index (χ1) is 9.37. The molecular weight excluding hydrogens is 295 g/mol. The summed E-state index contributed by atoms with van der Waals surface area (Å²) in [5.41, 5.74) is 6.41. The number of nitriles is 1. The number of guanidine groups is 1. The molecule has 0 bridgehead atoms. The van der Waals surface area contributed by atoms with E-state index in [1.165, 1.54) is 0 Å². The van der Waals surface area contributed by atoms with Gasteiger partial charge in [-0.3, -0.25) is 0 Å². The van der Waals surface area contributed by atoms with E-state index in [-0.39, 0.29) is 11.5 Å². The van der Waals surface area contributed by atoms with Crippen molar-refractivity contribution in [1.82, 2.24) is 0 Å². The second kappa shape index (κ2) is 6.83. The standard InChI is InChI=1S/C14H18Cl2N4/c1-4-14(3,5-2)20(13(18)19-9-17)12-7-10(15)6-11(16)8-12/h6-8H,4-5H2,1-3H3,(H2,18,19). The van der Waals surface area contributed by atoms with Crippen LogP contribution in [0.5, 0.6) is 0 Å². The van der Waals surface area contributed by atoms with Crippen LogP contribution in [0.2, 0.25) is 10.0 Å². The molecule has 1 aromatic carbocycles. The second-order valence-corrected chi connectivity index (χ2v) is 5.61. The summed E-state index contributed by atoms with van der Waals surface area (Å²) in [6.45, 7) is 6.17. The molecule has 1 rings (SSSR count). The Morgan fingerprint density at radius 1 is 1.30 bits per heavy atom. The molecule has 2 N–H and O–H groups in total. The highest BCUT2D eigenvalue weighted by Crippen LogP contribution is 2.33. The lowest BCUT2D eigenvalue weighted by molar-refractivity contribution is 0.434. The first-order valence-corrected chi connectivity index (χ1v) is 7.12. The van der Waals surface area contributed by atoms with E-state index >= 15 is 0 Å². The van der Waals surface area contributed by atoms with Crippen LogP contribution in [0.4, 0.5) is 5.69 Å². The number of rotatable bonds is 4. The van der Waals surface area contributed by atoms with Gasteiger partial charge in [-0.15, -0.1) is 4.99 Å². The van der Waals surface area contributed by atoms with Crippen LogP contribution in [0.15, 0.2) is 23.2 Å². The van der Waals surface area contributed by atoms with Gasteiger partial charge in [0.25, 0.3) is 0 Å².